The lowest BCUT2D eigenvalue weighted by Crippen LogP contribution is -2.41. The van der Waals surface area contributed by atoms with Crippen molar-refractivity contribution in [3.05, 3.63) is 18.0 Å². The molecule has 1 fully saturated rings. The number of nitrogens with zero attached hydrogens (tertiary/aromatic N) is 1. The number of hydrogen-bond acceptors (Lipinski definition) is 3. The molecular weight excluding hydrogens is 196 g/mol. The van der Waals surface area contributed by atoms with Crippen LogP contribution in [-0.2, 0) is 16.1 Å². The predicted molar refractivity (Wildman–Crippen MR) is 51.6 cm³/mol. The summed E-state index contributed by atoms with van der Waals surface area (Å²) in [4.78, 5) is 22.4. The molecule has 3 N–H and O–H groups in total. The molecule has 0 unspecified atom stereocenters. The van der Waals surface area contributed by atoms with Gasteiger partial charge in [0, 0.05) is 24.7 Å². The molecule has 6 nitrogen and oxygen atoms in total. The Labute approximate surface area is 86.4 Å². The first-order chi connectivity index (χ1) is 7.25. The molecule has 0 aliphatic carbocycles. The highest BCUT2D eigenvalue weighted by Crippen LogP contribution is 2.06. The van der Waals surface area contributed by atoms with E-state index in [-0.39, 0.29) is 17.9 Å². The third-order valence-corrected chi connectivity index (χ3v) is 2.33. The highest BCUT2D eigenvalue weighted by Gasteiger charge is 2.26. The minimum atomic E-state index is -0.371. The van der Waals surface area contributed by atoms with Crippen molar-refractivity contribution in [2.45, 2.75) is 25.4 Å². The van der Waals surface area contributed by atoms with Crippen molar-refractivity contribution in [1.29, 1.82) is 0 Å². The highest BCUT2D eigenvalue weighted by atomic mass is 16.2. The summed E-state index contributed by atoms with van der Waals surface area (Å²) in [6.07, 6.45) is 4.38. The van der Waals surface area contributed by atoms with Crippen LogP contribution in [0.5, 0.6) is 0 Å². The van der Waals surface area contributed by atoms with Crippen molar-refractivity contribution < 1.29 is 9.59 Å². The van der Waals surface area contributed by atoms with Crippen LogP contribution < -0.4 is 10.6 Å². The van der Waals surface area contributed by atoms with Crippen molar-refractivity contribution in [3.63, 3.8) is 0 Å². The molecule has 0 spiro atoms. The third-order valence-electron chi connectivity index (χ3n) is 2.33. The molecule has 0 aromatic carbocycles. The first-order valence-corrected chi connectivity index (χ1v) is 4.80. The van der Waals surface area contributed by atoms with Crippen molar-refractivity contribution in [3.8, 4) is 0 Å². The van der Waals surface area contributed by atoms with Crippen LogP contribution in [0.15, 0.2) is 12.4 Å². The topological polar surface area (TPSA) is 86.9 Å². The highest BCUT2D eigenvalue weighted by molar-refractivity contribution is 5.90. The number of H-pyrrole nitrogens is 1. The third kappa shape index (κ3) is 2.34. The van der Waals surface area contributed by atoms with E-state index in [1.165, 1.54) is 0 Å². The van der Waals surface area contributed by atoms with E-state index in [0.717, 1.165) is 5.56 Å². The lowest BCUT2D eigenvalue weighted by Gasteiger charge is -2.09. The normalized spacial score (nSPS) is 20.0. The molecule has 2 rings (SSSR count). The molecule has 1 atom stereocenters. The second kappa shape index (κ2) is 4.12. The maximum absolute atomic E-state index is 11.5. The van der Waals surface area contributed by atoms with Gasteiger partial charge in [-0.25, -0.2) is 0 Å². The van der Waals surface area contributed by atoms with Crippen LogP contribution in [0.2, 0.25) is 0 Å². The summed E-state index contributed by atoms with van der Waals surface area (Å²) in [6, 6.07) is -0.371. The van der Waals surface area contributed by atoms with E-state index in [0.29, 0.717) is 19.4 Å². The maximum Gasteiger partial charge on any atom is 0.242 e. The van der Waals surface area contributed by atoms with Crippen molar-refractivity contribution >= 4 is 11.8 Å². The van der Waals surface area contributed by atoms with E-state index >= 15 is 0 Å². The van der Waals surface area contributed by atoms with E-state index in [1.54, 1.807) is 12.4 Å². The SMILES string of the molecule is O=C1CC[C@H](C(=O)NCc2cn[nH]c2)N1. The summed E-state index contributed by atoms with van der Waals surface area (Å²) in [5.41, 5.74) is 0.910. The van der Waals surface area contributed by atoms with Gasteiger partial charge in [0.25, 0.3) is 0 Å². The van der Waals surface area contributed by atoms with Gasteiger partial charge in [0.2, 0.25) is 11.8 Å². The lowest BCUT2D eigenvalue weighted by molar-refractivity contribution is -0.125. The molecule has 80 valence electrons. The largest absolute Gasteiger partial charge is 0.350 e. The molecule has 0 bridgehead atoms. The van der Waals surface area contributed by atoms with Gasteiger partial charge in [0.05, 0.1) is 6.20 Å². The molecule has 0 saturated carbocycles. The molecular formula is C9H12N4O2. The number of aromatic amines is 1. The fourth-order valence-electron chi connectivity index (χ4n) is 1.50. The van der Waals surface area contributed by atoms with Gasteiger partial charge in [-0.05, 0) is 6.42 Å². The van der Waals surface area contributed by atoms with E-state index in [1.807, 2.05) is 0 Å². The minimum absolute atomic E-state index is 0.0570. The predicted octanol–water partition coefficient (Wildman–Crippen LogP) is -0.696. The Morgan fingerprint density at radius 3 is 3.13 bits per heavy atom. The van der Waals surface area contributed by atoms with Gasteiger partial charge >= 0.3 is 0 Å². The molecule has 1 aliphatic heterocycles. The van der Waals surface area contributed by atoms with Gasteiger partial charge in [0.15, 0.2) is 0 Å². The Hall–Kier alpha value is -1.85. The van der Waals surface area contributed by atoms with Gasteiger partial charge in [-0.15, -0.1) is 0 Å². The smallest absolute Gasteiger partial charge is 0.242 e. The second-order valence-corrected chi connectivity index (χ2v) is 3.48. The van der Waals surface area contributed by atoms with Crippen molar-refractivity contribution in [2.75, 3.05) is 0 Å². The Morgan fingerprint density at radius 2 is 2.53 bits per heavy atom. The summed E-state index contributed by atoms with van der Waals surface area (Å²) < 4.78 is 0. The number of carbonyl (C=O) groups is 2. The Balaban J connectivity index is 1.80. The number of hydrogen-bond donors (Lipinski definition) is 3. The Bertz CT molecular complexity index is 360. The number of nitrogens with one attached hydrogen (secondary N) is 3. The van der Waals surface area contributed by atoms with Crippen LogP contribution in [-0.4, -0.2) is 28.1 Å². The van der Waals surface area contributed by atoms with E-state index in [9.17, 15) is 9.59 Å². The number of carbonyl (C=O) groups excluding carboxylic acids is 2. The molecule has 2 heterocycles. The summed E-state index contributed by atoms with van der Waals surface area (Å²) in [6.45, 7) is 0.432. The number of amides is 2. The van der Waals surface area contributed by atoms with Crippen LogP contribution in [0.3, 0.4) is 0 Å². The van der Waals surface area contributed by atoms with Crippen molar-refractivity contribution in [1.82, 2.24) is 20.8 Å². The first-order valence-electron chi connectivity index (χ1n) is 4.80. The lowest BCUT2D eigenvalue weighted by atomic mass is 10.2. The van der Waals surface area contributed by atoms with E-state index in [4.69, 9.17) is 0 Å². The van der Waals surface area contributed by atoms with Gasteiger partial charge < -0.3 is 10.6 Å². The standard InChI is InChI=1S/C9H12N4O2/c14-8-2-1-7(13-8)9(15)10-3-6-4-11-12-5-6/h4-5,7H,1-3H2,(H,10,15)(H,11,12)(H,13,14)/t7-/m1/s1. The number of aromatic nitrogens is 2. The molecule has 1 aromatic heterocycles. The van der Waals surface area contributed by atoms with Gasteiger partial charge in [-0.2, -0.15) is 5.10 Å². The number of rotatable bonds is 3. The molecule has 2 amide bonds. The summed E-state index contributed by atoms with van der Waals surface area (Å²) in [7, 11) is 0. The monoisotopic (exact) mass is 208 g/mol. The average molecular weight is 208 g/mol. The quantitative estimate of drug-likeness (QED) is 0.614. The van der Waals surface area contributed by atoms with Gasteiger partial charge in [0.1, 0.15) is 6.04 Å². The summed E-state index contributed by atoms with van der Waals surface area (Å²) in [5, 5.41) is 11.8. The fourth-order valence-corrected chi connectivity index (χ4v) is 1.50. The fraction of sp³-hybridized carbons (Fsp3) is 0.444. The van der Waals surface area contributed by atoms with Crippen LogP contribution >= 0.6 is 0 Å². The molecule has 1 saturated heterocycles. The first kappa shape index (κ1) is 9.70. The van der Waals surface area contributed by atoms with Crippen LogP contribution in [0.1, 0.15) is 18.4 Å². The minimum Gasteiger partial charge on any atom is -0.350 e. The Kier molecular flexibility index (Phi) is 2.66. The molecule has 15 heavy (non-hydrogen) atoms. The molecule has 6 heteroatoms. The van der Waals surface area contributed by atoms with Gasteiger partial charge in [-0.3, -0.25) is 14.7 Å². The van der Waals surface area contributed by atoms with Gasteiger partial charge in [-0.1, -0.05) is 0 Å². The molecule has 0 radical (unpaired) electrons. The van der Waals surface area contributed by atoms with Crippen molar-refractivity contribution in [2.24, 2.45) is 0 Å². The average Bonchev–Trinajstić information content (AvgIpc) is 2.84. The summed E-state index contributed by atoms with van der Waals surface area (Å²) in [5.74, 6) is -0.194. The molecule has 1 aliphatic rings. The summed E-state index contributed by atoms with van der Waals surface area (Å²) >= 11 is 0. The van der Waals surface area contributed by atoms with Crippen LogP contribution in [0.25, 0.3) is 0 Å². The molecule has 1 aromatic rings. The van der Waals surface area contributed by atoms with Crippen LogP contribution in [0, 0.1) is 0 Å². The maximum atomic E-state index is 11.5. The Morgan fingerprint density at radius 1 is 1.67 bits per heavy atom. The second-order valence-electron chi connectivity index (χ2n) is 3.48. The zero-order chi connectivity index (χ0) is 10.7. The zero-order valence-electron chi connectivity index (χ0n) is 8.12. The zero-order valence-corrected chi connectivity index (χ0v) is 8.12. The van der Waals surface area contributed by atoms with E-state index in [2.05, 4.69) is 20.8 Å². The van der Waals surface area contributed by atoms with E-state index < -0.39 is 0 Å². The van der Waals surface area contributed by atoms with Crippen LogP contribution in [0.4, 0.5) is 0 Å².